The van der Waals surface area contributed by atoms with Gasteiger partial charge in [-0.25, -0.2) is 0 Å². The minimum Gasteiger partial charge on any atom is -0.322 e. The highest BCUT2D eigenvalue weighted by atomic mass is 35.5. The molecule has 0 aliphatic carbocycles. The summed E-state index contributed by atoms with van der Waals surface area (Å²) >= 11 is 6.10. The van der Waals surface area contributed by atoms with Crippen molar-refractivity contribution in [3.05, 3.63) is 98.4 Å². The number of amides is 1. The minimum atomic E-state index is -0.284. The molecule has 1 N–H and O–H groups in total. The lowest BCUT2D eigenvalue weighted by Gasteiger charge is -2.11. The van der Waals surface area contributed by atoms with Crippen LogP contribution in [0.4, 0.5) is 5.69 Å². The smallest absolute Gasteiger partial charge is 0.257 e. The molecule has 0 aliphatic heterocycles. The highest BCUT2D eigenvalue weighted by Crippen LogP contribution is 2.23. The summed E-state index contributed by atoms with van der Waals surface area (Å²) in [5, 5.41) is 3.44. The lowest BCUT2D eigenvalue weighted by atomic mass is 10.1. The molecule has 0 fully saturated rings. The number of aryl methyl sites for hydroxylation is 1. The van der Waals surface area contributed by atoms with Gasteiger partial charge in [-0.3, -0.25) is 9.59 Å². The number of anilines is 1. The first-order valence-corrected chi connectivity index (χ1v) is 8.64. The Morgan fingerprint density at radius 2 is 1.85 bits per heavy atom. The summed E-state index contributed by atoms with van der Waals surface area (Å²) in [6.07, 6.45) is 1.58. The van der Waals surface area contributed by atoms with Crippen LogP contribution in [0.15, 0.2) is 65.6 Å². The zero-order valence-corrected chi connectivity index (χ0v) is 15.4. The number of nitrogens with one attached hydrogen (secondary N) is 1. The predicted octanol–water partition coefficient (Wildman–Crippen LogP) is 4.42. The van der Waals surface area contributed by atoms with Crippen molar-refractivity contribution in [3.63, 3.8) is 0 Å². The molecule has 3 rings (SSSR count). The fourth-order valence-corrected chi connectivity index (χ4v) is 2.91. The van der Waals surface area contributed by atoms with E-state index in [0.717, 1.165) is 16.7 Å². The van der Waals surface area contributed by atoms with Gasteiger partial charge in [-0.05, 0) is 43.2 Å². The fraction of sp³-hybridized carbons (Fsp3) is 0.143. The van der Waals surface area contributed by atoms with Crippen molar-refractivity contribution in [1.82, 2.24) is 4.57 Å². The van der Waals surface area contributed by atoms with Gasteiger partial charge in [-0.2, -0.15) is 0 Å². The van der Waals surface area contributed by atoms with Crippen LogP contribution in [0.3, 0.4) is 0 Å². The molecule has 5 heteroatoms. The van der Waals surface area contributed by atoms with Gasteiger partial charge in [0.1, 0.15) is 0 Å². The SMILES string of the molecule is Cc1cccc(Cn2cc(C(=O)Nc3cccc(Cl)c3C)ccc2=O)c1. The Labute approximate surface area is 157 Å². The Hall–Kier alpha value is -2.85. The normalized spacial score (nSPS) is 10.6. The van der Waals surface area contributed by atoms with Crippen molar-refractivity contribution in [1.29, 1.82) is 0 Å². The number of pyridine rings is 1. The number of nitrogens with zero attached hydrogens (tertiary/aromatic N) is 1. The van der Waals surface area contributed by atoms with E-state index in [0.29, 0.717) is 22.8 Å². The monoisotopic (exact) mass is 366 g/mol. The molecule has 26 heavy (non-hydrogen) atoms. The Kier molecular flexibility index (Phi) is 5.24. The van der Waals surface area contributed by atoms with Gasteiger partial charge in [0.2, 0.25) is 0 Å². The third-order valence-electron chi connectivity index (χ3n) is 4.20. The van der Waals surface area contributed by atoms with Crippen LogP contribution in [0, 0.1) is 13.8 Å². The number of rotatable bonds is 4. The van der Waals surface area contributed by atoms with Crippen molar-refractivity contribution >= 4 is 23.2 Å². The molecule has 0 saturated carbocycles. The minimum absolute atomic E-state index is 0.151. The zero-order chi connectivity index (χ0) is 18.7. The lowest BCUT2D eigenvalue weighted by molar-refractivity contribution is 0.102. The largest absolute Gasteiger partial charge is 0.322 e. The Morgan fingerprint density at radius 3 is 2.62 bits per heavy atom. The highest BCUT2D eigenvalue weighted by Gasteiger charge is 2.11. The van der Waals surface area contributed by atoms with E-state index in [2.05, 4.69) is 5.32 Å². The van der Waals surface area contributed by atoms with Crippen LogP contribution in [0.2, 0.25) is 5.02 Å². The Balaban J connectivity index is 1.85. The highest BCUT2D eigenvalue weighted by molar-refractivity contribution is 6.31. The second-order valence-electron chi connectivity index (χ2n) is 6.24. The van der Waals surface area contributed by atoms with E-state index < -0.39 is 0 Å². The first-order valence-electron chi connectivity index (χ1n) is 8.26. The maximum absolute atomic E-state index is 12.6. The summed E-state index contributed by atoms with van der Waals surface area (Å²) in [4.78, 5) is 24.7. The molecular weight excluding hydrogens is 348 g/mol. The van der Waals surface area contributed by atoms with Crippen LogP contribution >= 0.6 is 11.6 Å². The maximum Gasteiger partial charge on any atom is 0.257 e. The quantitative estimate of drug-likeness (QED) is 0.743. The molecule has 132 valence electrons. The van der Waals surface area contributed by atoms with E-state index in [1.54, 1.807) is 24.4 Å². The van der Waals surface area contributed by atoms with Crippen molar-refractivity contribution in [2.24, 2.45) is 0 Å². The molecule has 2 aromatic carbocycles. The zero-order valence-electron chi connectivity index (χ0n) is 14.6. The summed E-state index contributed by atoms with van der Waals surface area (Å²) in [5.41, 5.74) is 3.85. The van der Waals surface area contributed by atoms with Gasteiger partial charge in [-0.1, -0.05) is 47.5 Å². The van der Waals surface area contributed by atoms with Crippen molar-refractivity contribution in [3.8, 4) is 0 Å². The van der Waals surface area contributed by atoms with E-state index in [9.17, 15) is 9.59 Å². The van der Waals surface area contributed by atoms with Crippen LogP contribution in [0.1, 0.15) is 27.0 Å². The van der Waals surface area contributed by atoms with Crippen LogP contribution in [-0.4, -0.2) is 10.5 Å². The lowest BCUT2D eigenvalue weighted by Crippen LogP contribution is -2.22. The van der Waals surface area contributed by atoms with Crippen molar-refractivity contribution < 1.29 is 4.79 Å². The predicted molar refractivity (Wildman–Crippen MR) is 105 cm³/mol. The molecule has 0 unspecified atom stereocenters. The average Bonchev–Trinajstić information content (AvgIpc) is 2.61. The van der Waals surface area contributed by atoms with Crippen LogP contribution < -0.4 is 10.9 Å². The van der Waals surface area contributed by atoms with E-state index >= 15 is 0 Å². The van der Waals surface area contributed by atoms with E-state index in [1.807, 2.05) is 38.1 Å². The van der Waals surface area contributed by atoms with Gasteiger partial charge in [0, 0.05) is 23.0 Å². The number of hydrogen-bond acceptors (Lipinski definition) is 2. The maximum atomic E-state index is 12.6. The van der Waals surface area contributed by atoms with Crippen molar-refractivity contribution in [2.45, 2.75) is 20.4 Å². The topological polar surface area (TPSA) is 51.1 Å². The molecule has 0 bridgehead atoms. The molecule has 1 heterocycles. The summed E-state index contributed by atoms with van der Waals surface area (Å²) in [6.45, 7) is 4.26. The second kappa shape index (κ2) is 7.58. The number of carbonyl (C=O) groups excluding carboxylic acids is 1. The molecule has 0 aliphatic rings. The molecule has 4 nitrogen and oxygen atoms in total. The molecular formula is C21H19ClN2O2. The van der Waals surface area contributed by atoms with E-state index in [1.165, 1.54) is 16.7 Å². The molecule has 0 atom stereocenters. The number of aromatic nitrogens is 1. The first-order chi connectivity index (χ1) is 12.4. The third kappa shape index (κ3) is 4.03. The molecule has 1 amide bonds. The third-order valence-corrected chi connectivity index (χ3v) is 4.61. The van der Waals surface area contributed by atoms with Gasteiger partial charge in [0.25, 0.3) is 11.5 Å². The first kappa shape index (κ1) is 18.0. The summed E-state index contributed by atoms with van der Waals surface area (Å²) < 4.78 is 1.54. The molecule has 0 radical (unpaired) electrons. The molecule has 1 aromatic heterocycles. The summed E-state index contributed by atoms with van der Waals surface area (Å²) in [6, 6.07) is 16.2. The Morgan fingerprint density at radius 1 is 1.08 bits per heavy atom. The number of benzene rings is 2. The molecule has 0 saturated heterocycles. The van der Waals surface area contributed by atoms with Gasteiger partial charge in [0.05, 0.1) is 12.1 Å². The van der Waals surface area contributed by atoms with Gasteiger partial charge < -0.3 is 9.88 Å². The number of halogens is 1. The molecule has 0 spiro atoms. The van der Waals surface area contributed by atoms with E-state index in [-0.39, 0.29) is 11.5 Å². The number of hydrogen-bond donors (Lipinski definition) is 1. The fourth-order valence-electron chi connectivity index (χ4n) is 2.73. The van der Waals surface area contributed by atoms with Crippen LogP contribution in [0.25, 0.3) is 0 Å². The van der Waals surface area contributed by atoms with Crippen LogP contribution in [0.5, 0.6) is 0 Å². The standard InChI is InChI=1S/C21H19ClN2O2/c1-14-5-3-6-16(11-14)12-24-13-17(9-10-20(24)25)21(26)23-19-8-4-7-18(22)15(19)2/h3-11,13H,12H2,1-2H3,(H,23,26). The summed E-state index contributed by atoms with van der Waals surface area (Å²) in [7, 11) is 0. The summed E-state index contributed by atoms with van der Waals surface area (Å²) in [5.74, 6) is -0.284. The Bertz CT molecular complexity index is 1020. The van der Waals surface area contributed by atoms with E-state index in [4.69, 9.17) is 11.6 Å². The van der Waals surface area contributed by atoms with Gasteiger partial charge in [-0.15, -0.1) is 0 Å². The second-order valence-corrected chi connectivity index (χ2v) is 6.65. The van der Waals surface area contributed by atoms with Gasteiger partial charge >= 0.3 is 0 Å². The number of carbonyl (C=O) groups is 1. The van der Waals surface area contributed by atoms with Gasteiger partial charge in [0.15, 0.2) is 0 Å². The average molecular weight is 367 g/mol. The van der Waals surface area contributed by atoms with Crippen LogP contribution in [-0.2, 0) is 6.54 Å². The van der Waals surface area contributed by atoms with Crippen molar-refractivity contribution in [2.75, 3.05) is 5.32 Å². The molecule has 3 aromatic rings.